The van der Waals surface area contributed by atoms with Gasteiger partial charge < -0.3 is 30.1 Å². The quantitative estimate of drug-likeness (QED) is 0.460. The predicted octanol–water partition coefficient (Wildman–Crippen LogP) is 3.54. The van der Waals surface area contributed by atoms with Crippen molar-refractivity contribution >= 4 is 40.8 Å². The number of halogens is 3. The third-order valence-corrected chi connectivity index (χ3v) is 7.60. The van der Waals surface area contributed by atoms with Gasteiger partial charge in [0, 0.05) is 81.1 Å². The zero-order valence-electron chi connectivity index (χ0n) is 21.7. The van der Waals surface area contributed by atoms with Crippen molar-refractivity contribution in [3.05, 3.63) is 63.4 Å². The van der Waals surface area contributed by atoms with E-state index < -0.39 is 6.04 Å². The lowest BCUT2D eigenvalue weighted by Crippen LogP contribution is -2.56. The maximum absolute atomic E-state index is 14.2. The largest absolute Gasteiger partial charge is 0.383 e. The number of nitrogens with one attached hydrogen (secondary N) is 2. The molecule has 4 rings (SSSR count). The fourth-order valence-electron chi connectivity index (χ4n) is 4.96. The van der Waals surface area contributed by atoms with E-state index in [0.29, 0.717) is 68.9 Å². The minimum atomic E-state index is -0.682. The van der Waals surface area contributed by atoms with Gasteiger partial charge in [0.1, 0.15) is 11.9 Å². The average Bonchev–Trinajstić information content (AvgIpc) is 3.33. The molecule has 2 fully saturated rings. The minimum Gasteiger partial charge on any atom is -0.383 e. The molecule has 2 heterocycles. The summed E-state index contributed by atoms with van der Waals surface area (Å²) in [6.45, 7) is 6.15. The van der Waals surface area contributed by atoms with Crippen molar-refractivity contribution in [2.45, 2.75) is 32.0 Å². The number of nitrogens with zero attached hydrogens (tertiary/aromatic N) is 3. The Morgan fingerprint density at radius 3 is 2.50 bits per heavy atom. The SMILES string of the molecule is COCC(C)NCc1ccc(F)cc1N1CCN(C(=O)C(Cc2ccc(Cl)cc2Cl)N2CCNC2=O)CC1. The number of ether oxygens (including phenoxy) is 1. The monoisotopic (exact) mass is 565 g/mol. The van der Waals surface area contributed by atoms with E-state index in [0.717, 1.165) is 16.8 Å². The van der Waals surface area contributed by atoms with Crippen LogP contribution >= 0.6 is 23.2 Å². The van der Waals surface area contributed by atoms with Gasteiger partial charge in [-0.05, 0) is 42.3 Å². The highest BCUT2D eigenvalue weighted by molar-refractivity contribution is 6.35. The van der Waals surface area contributed by atoms with Gasteiger partial charge in [-0.3, -0.25) is 4.79 Å². The molecule has 0 spiro atoms. The van der Waals surface area contributed by atoms with Crippen LogP contribution in [0.1, 0.15) is 18.1 Å². The Labute approximate surface area is 233 Å². The molecular formula is C27H34Cl2FN5O3. The minimum absolute atomic E-state index is 0.123. The smallest absolute Gasteiger partial charge is 0.318 e. The van der Waals surface area contributed by atoms with Crippen molar-refractivity contribution in [3.8, 4) is 0 Å². The van der Waals surface area contributed by atoms with Crippen LogP contribution in [-0.2, 0) is 22.5 Å². The lowest BCUT2D eigenvalue weighted by molar-refractivity contribution is -0.136. The summed E-state index contributed by atoms with van der Waals surface area (Å²) in [6, 6.07) is 9.20. The molecule has 2 N–H and O–H groups in total. The lowest BCUT2D eigenvalue weighted by Gasteiger charge is -2.39. The highest BCUT2D eigenvalue weighted by Crippen LogP contribution is 2.26. The molecule has 206 valence electrons. The number of rotatable bonds is 10. The van der Waals surface area contributed by atoms with Crippen LogP contribution in [0.5, 0.6) is 0 Å². The van der Waals surface area contributed by atoms with E-state index in [9.17, 15) is 14.0 Å². The number of amides is 3. The van der Waals surface area contributed by atoms with Crippen molar-refractivity contribution in [3.63, 3.8) is 0 Å². The fraction of sp³-hybridized carbons (Fsp3) is 0.481. The molecule has 8 nitrogen and oxygen atoms in total. The van der Waals surface area contributed by atoms with Gasteiger partial charge >= 0.3 is 6.03 Å². The first-order chi connectivity index (χ1) is 18.3. The third-order valence-electron chi connectivity index (χ3n) is 7.02. The summed E-state index contributed by atoms with van der Waals surface area (Å²) in [5, 5.41) is 7.17. The molecule has 0 bridgehead atoms. The van der Waals surface area contributed by atoms with Crippen molar-refractivity contribution in [1.82, 2.24) is 20.4 Å². The van der Waals surface area contributed by atoms with Crippen LogP contribution in [0.4, 0.5) is 14.9 Å². The molecule has 38 heavy (non-hydrogen) atoms. The van der Waals surface area contributed by atoms with Crippen molar-refractivity contribution in [1.29, 1.82) is 0 Å². The Kier molecular flexibility index (Phi) is 9.70. The topological polar surface area (TPSA) is 77.2 Å². The maximum Gasteiger partial charge on any atom is 0.318 e. The molecular weight excluding hydrogens is 532 g/mol. The number of benzene rings is 2. The second kappa shape index (κ2) is 13.0. The standard InChI is InChI=1S/C27H34Cl2FN5O3/c1-18(17-38-2)32-16-20-4-6-22(30)15-24(20)33-9-11-34(12-10-33)26(36)25(35-8-7-31-27(35)37)13-19-3-5-21(28)14-23(19)29/h3-6,14-15,18,25,32H,7-13,16-17H2,1-2H3,(H,31,37). The van der Waals surface area contributed by atoms with Gasteiger partial charge in [-0.2, -0.15) is 0 Å². The number of carbonyl (C=O) groups excluding carboxylic acids is 2. The number of hydrogen-bond donors (Lipinski definition) is 2. The van der Waals surface area contributed by atoms with Gasteiger partial charge in [-0.1, -0.05) is 35.3 Å². The van der Waals surface area contributed by atoms with Gasteiger partial charge in [0.25, 0.3) is 0 Å². The van der Waals surface area contributed by atoms with Crippen LogP contribution in [-0.4, -0.2) is 86.8 Å². The van der Waals surface area contributed by atoms with Gasteiger partial charge in [-0.15, -0.1) is 0 Å². The molecule has 11 heteroatoms. The van der Waals surface area contributed by atoms with Crippen LogP contribution in [0.15, 0.2) is 36.4 Å². The van der Waals surface area contributed by atoms with E-state index in [-0.39, 0.29) is 23.8 Å². The normalized spacial score (nSPS) is 17.5. The first-order valence-corrected chi connectivity index (χ1v) is 13.5. The summed E-state index contributed by atoms with van der Waals surface area (Å²) >= 11 is 12.5. The Morgan fingerprint density at radius 1 is 1.11 bits per heavy atom. The predicted molar refractivity (Wildman–Crippen MR) is 147 cm³/mol. The molecule has 2 aromatic rings. The maximum atomic E-state index is 14.2. The van der Waals surface area contributed by atoms with E-state index in [4.69, 9.17) is 27.9 Å². The van der Waals surface area contributed by atoms with Crippen LogP contribution < -0.4 is 15.5 Å². The van der Waals surface area contributed by atoms with E-state index >= 15 is 0 Å². The molecule has 2 saturated heterocycles. The van der Waals surface area contributed by atoms with E-state index in [1.165, 1.54) is 6.07 Å². The molecule has 2 unspecified atom stereocenters. The Bertz CT molecular complexity index is 1150. The zero-order chi connectivity index (χ0) is 27.2. The first-order valence-electron chi connectivity index (χ1n) is 12.8. The number of anilines is 1. The second-order valence-electron chi connectivity index (χ2n) is 9.70. The Morgan fingerprint density at radius 2 is 1.84 bits per heavy atom. The summed E-state index contributed by atoms with van der Waals surface area (Å²) in [5.74, 6) is -0.422. The second-order valence-corrected chi connectivity index (χ2v) is 10.5. The molecule has 2 aliphatic heterocycles. The molecule has 0 radical (unpaired) electrons. The van der Waals surface area contributed by atoms with Gasteiger partial charge in [0.2, 0.25) is 5.91 Å². The number of piperazine rings is 1. The fourth-order valence-corrected chi connectivity index (χ4v) is 5.45. The van der Waals surface area contributed by atoms with Crippen LogP contribution in [0.25, 0.3) is 0 Å². The number of urea groups is 1. The van der Waals surface area contributed by atoms with Crippen LogP contribution in [0, 0.1) is 5.82 Å². The van der Waals surface area contributed by atoms with Crippen molar-refractivity contribution in [2.75, 3.05) is 57.9 Å². The number of carbonyl (C=O) groups is 2. The highest BCUT2D eigenvalue weighted by atomic mass is 35.5. The highest BCUT2D eigenvalue weighted by Gasteiger charge is 2.37. The average molecular weight is 567 g/mol. The molecule has 3 amide bonds. The summed E-state index contributed by atoms with van der Waals surface area (Å²) in [6.07, 6.45) is 0.293. The molecule has 0 saturated carbocycles. The summed E-state index contributed by atoms with van der Waals surface area (Å²) in [7, 11) is 1.66. The van der Waals surface area contributed by atoms with Crippen LogP contribution in [0.2, 0.25) is 10.0 Å². The summed E-state index contributed by atoms with van der Waals surface area (Å²) in [5.41, 5.74) is 2.56. The van der Waals surface area contributed by atoms with E-state index in [2.05, 4.69) is 15.5 Å². The van der Waals surface area contributed by atoms with E-state index in [1.54, 1.807) is 47.2 Å². The first kappa shape index (κ1) is 28.4. The third kappa shape index (κ3) is 6.88. The van der Waals surface area contributed by atoms with Gasteiger partial charge in [-0.25, -0.2) is 9.18 Å². The molecule has 2 atom stereocenters. The summed E-state index contributed by atoms with van der Waals surface area (Å²) < 4.78 is 19.4. The van der Waals surface area contributed by atoms with Gasteiger partial charge in [0.05, 0.1) is 6.61 Å². The van der Waals surface area contributed by atoms with Gasteiger partial charge in [0.15, 0.2) is 0 Å². The van der Waals surface area contributed by atoms with Crippen molar-refractivity contribution in [2.24, 2.45) is 0 Å². The Balaban J connectivity index is 1.46. The number of methoxy groups -OCH3 is 1. The molecule has 2 aromatic carbocycles. The van der Waals surface area contributed by atoms with Crippen LogP contribution in [0.3, 0.4) is 0 Å². The number of hydrogen-bond acceptors (Lipinski definition) is 5. The summed E-state index contributed by atoms with van der Waals surface area (Å²) in [4.78, 5) is 31.7. The Hall–Kier alpha value is -2.59. The molecule has 0 aromatic heterocycles. The molecule has 2 aliphatic rings. The van der Waals surface area contributed by atoms with E-state index in [1.807, 2.05) is 6.92 Å². The zero-order valence-corrected chi connectivity index (χ0v) is 23.2. The van der Waals surface area contributed by atoms with Crippen molar-refractivity contribution < 1.29 is 18.7 Å². The molecule has 0 aliphatic carbocycles. The lowest BCUT2D eigenvalue weighted by atomic mass is 10.0.